The van der Waals surface area contributed by atoms with Crippen molar-refractivity contribution in [3.63, 3.8) is 0 Å². The van der Waals surface area contributed by atoms with Gasteiger partial charge in [-0.1, -0.05) is 30.3 Å². The third-order valence-corrected chi connectivity index (χ3v) is 3.49. The van der Waals surface area contributed by atoms with Gasteiger partial charge in [-0.2, -0.15) is 0 Å². The van der Waals surface area contributed by atoms with Gasteiger partial charge in [-0.05, 0) is 19.4 Å². The van der Waals surface area contributed by atoms with Gasteiger partial charge >= 0.3 is 0 Å². The van der Waals surface area contributed by atoms with Gasteiger partial charge in [-0.25, -0.2) is 0 Å². The zero-order valence-electron chi connectivity index (χ0n) is 11.3. The molecule has 0 saturated carbocycles. The molecule has 1 heterocycles. The topological polar surface area (TPSA) is 46.6 Å². The second-order valence-corrected chi connectivity index (χ2v) is 5.33. The molecule has 1 aliphatic rings. The maximum Gasteiger partial charge on any atom is 0.215 e. The number of rotatable bonds is 4. The predicted molar refractivity (Wildman–Crippen MR) is 71.7 cm³/mol. The zero-order valence-corrected chi connectivity index (χ0v) is 11.3. The number of morpholine rings is 1. The van der Waals surface area contributed by atoms with E-state index in [1.165, 1.54) is 0 Å². The lowest BCUT2D eigenvalue weighted by Gasteiger charge is -2.44. The van der Waals surface area contributed by atoms with Crippen molar-refractivity contribution in [3.8, 4) is 0 Å². The van der Waals surface area contributed by atoms with E-state index >= 15 is 0 Å². The van der Waals surface area contributed by atoms with Crippen molar-refractivity contribution in [3.05, 3.63) is 35.9 Å². The SMILES string of the molecule is CC1(C)OCCN(Cc2ccccc2)C1C(=O)C=O. The smallest absolute Gasteiger partial charge is 0.215 e. The summed E-state index contributed by atoms with van der Waals surface area (Å²) < 4.78 is 5.65. The first-order chi connectivity index (χ1) is 9.04. The molecule has 2 rings (SSSR count). The van der Waals surface area contributed by atoms with Crippen molar-refractivity contribution in [2.75, 3.05) is 13.2 Å². The number of Topliss-reactive ketones (excluding diaryl/α,β-unsaturated/α-hetero) is 1. The Kier molecular flexibility index (Phi) is 4.12. The molecule has 4 heteroatoms. The van der Waals surface area contributed by atoms with E-state index in [2.05, 4.69) is 0 Å². The van der Waals surface area contributed by atoms with Crippen molar-refractivity contribution in [2.45, 2.75) is 32.0 Å². The number of carbonyl (C=O) groups excluding carboxylic acids is 2. The lowest BCUT2D eigenvalue weighted by molar-refractivity contribution is -0.158. The Hall–Kier alpha value is -1.52. The number of ketones is 1. The highest BCUT2D eigenvalue weighted by atomic mass is 16.5. The lowest BCUT2D eigenvalue weighted by Crippen LogP contribution is -2.60. The molecule has 0 bridgehead atoms. The first-order valence-corrected chi connectivity index (χ1v) is 6.45. The molecule has 1 aromatic rings. The van der Waals surface area contributed by atoms with Gasteiger partial charge in [0.2, 0.25) is 5.78 Å². The summed E-state index contributed by atoms with van der Waals surface area (Å²) in [4.78, 5) is 24.8. The van der Waals surface area contributed by atoms with Crippen LogP contribution in [-0.2, 0) is 20.9 Å². The van der Waals surface area contributed by atoms with Gasteiger partial charge < -0.3 is 4.74 Å². The van der Waals surface area contributed by atoms with E-state index in [0.717, 1.165) is 5.56 Å². The third-order valence-electron chi connectivity index (χ3n) is 3.49. The average molecular weight is 261 g/mol. The van der Waals surface area contributed by atoms with Crippen LogP contribution in [0.3, 0.4) is 0 Å². The van der Waals surface area contributed by atoms with Gasteiger partial charge in [0.05, 0.1) is 12.2 Å². The quantitative estimate of drug-likeness (QED) is 0.607. The zero-order chi connectivity index (χ0) is 13.9. The predicted octanol–water partition coefficient (Wildman–Crippen LogP) is 1.43. The van der Waals surface area contributed by atoms with Gasteiger partial charge in [0.1, 0.15) is 6.04 Å². The summed E-state index contributed by atoms with van der Waals surface area (Å²) in [5, 5.41) is 0. The van der Waals surface area contributed by atoms with Gasteiger partial charge in [0, 0.05) is 13.1 Å². The molecular weight excluding hydrogens is 242 g/mol. The summed E-state index contributed by atoms with van der Waals surface area (Å²) in [6.07, 6.45) is 0.402. The minimum atomic E-state index is -0.634. The van der Waals surface area contributed by atoms with Gasteiger partial charge in [-0.15, -0.1) is 0 Å². The Bertz CT molecular complexity index is 456. The molecular formula is C15H19NO3. The molecule has 1 fully saturated rings. The van der Waals surface area contributed by atoms with E-state index in [0.29, 0.717) is 26.0 Å². The minimum absolute atomic E-state index is 0.402. The molecule has 1 unspecified atom stereocenters. The minimum Gasteiger partial charge on any atom is -0.372 e. The van der Waals surface area contributed by atoms with Crippen LogP contribution in [0.25, 0.3) is 0 Å². The largest absolute Gasteiger partial charge is 0.372 e. The van der Waals surface area contributed by atoms with Crippen molar-refractivity contribution in [1.82, 2.24) is 4.90 Å². The van der Waals surface area contributed by atoms with Crippen molar-refractivity contribution < 1.29 is 14.3 Å². The molecule has 102 valence electrons. The standard InChI is InChI=1S/C15H19NO3/c1-15(2)14(13(18)11-17)16(8-9-19-15)10-12-6-4-3-5-7-12/h3-7,11,14H,8-10H2,1-2H3. The van der Waals surface area contributed by atoms with Crippen LogP contribution in [0.4, 0.5) is 0 Å². The van der Waals surface area contributed by atoms with Gasteiger partial charge in [0.15, 0.2) is 6.29 Å². The van der Waals surface area contributed by atoms with Crippen LogP contribution in [0.1, 0.15) is 19.4 Å². The van der Waals surface area contributed by atoms with Crippen LogP contribution in [0.5, 0.6) is 0 Å². The first kappa shape index (κ1) is 13.9. The molecule has 0 aliphatic carbocycles. The number of aldehydes is 1. The molecule has 0 amide bonds. The monoisotopic (exact) mass is 261 g/mol. The summed E-state index contributed by atoms with van der Waals surface area (Å²) in [6.45, 7) is 5.59. The van der Waals surface area contributed by atoms with Crippen LogP contribution >= 0.6 is 0 Å². The molecule has 1 aromatic carbocycles. The molecule has 0 spiro atoms. The fraction of sp³-hybridized carbons (Fsp3) is 0.467. The summed E-state index contributed by atoms with van der Waals surface area (Å²) in [7, 11) is 0. The maximum atomic E-state index is 11.9. The molecule has 0 radical (unpaired) electrons. The van der Waals surface area contributed by atoms with Crippen LogP contribution < -0.4 is 0 Å². The Morgan fingerprint density at radius 1 is 1.42 bits per heavy atom. The molecule has 1 saturated heterocycles. The van der Waals surface area contributed by atoms with E-state index in [9.17, 15) is 9.59 Å². The van der Waals surface area contributed by atoms with Gasteiger partial charge in [0.25, 0.3) is 0 Å². The van der Waals surface area contributed by atoms with E-state index in [4.69, 9.17) is 4.74 Å². The molecule has 19 heavy (non-hydrogen) atoms. The number of hydrogen-bond acceptors (Lipinski definition) is 4. The van der Waals surface area contributed by atoms with Crippen molar-refractivity contribution in [2.24, 2.45) is 0 Å². The summed E-state index contributed by atoms with van der Waals surface area (Å²) >= 11 is 0. The van der Waals surface area contributed by atoms with Crippen LogP contribution in [0.15, 0.2) is 30.3 Å². The highest BCUT2D eigenvalue weighted by Gasteiger charge is 2.43. The van der Waals surface area contributed by atoms with E-state index in [-0.39, 0.29) is 0 Å². The summed E-state index contributed by atoms with van der Waals surface area (Å²) in [5.74, 6) is -0.416. The van der Waals surface area contributed by atoms with E-state index in [1.54, 1.807) is 0 Å². The highest BCUT2D eigenvalue weighted by molar-refractivity contribution is 6.27. The lowest BCUT2D eigenvalue weighted by atomic mass is 9.91. The van der Waals surface area contributed by atoms with Crippen LogP contribution in [-0.4, -0.2) is 41.8 Å². The fourth-order valence-electron chi connectivity index (χ4n) is 2.65. The highest BCUT2D eigenvalue weighted by Crippen LogP contribution is 2.26. The Balaban J connectivity index is 2.21. The van der Waals surface area contributed by atoms with Crippen LogP contribution in [0.2, 0.25) is 0 Å². The Labute approximate surface area is 113 Å². The molecule has 0 aromatic heterocycles. The normalized spacial score (nSPS) is 22.9. The number of hydrogen-bond donors (Lipinski definition) is 0. The maximum absolute atomic E-state index is 11.9. The molecule has 1 atom stereocenters. The van der Waals surface area contributed by atoms with E-state index < -0.39 is 17.4 Å². The fourth-order valence-corrected chi connectivity index (χ4v) is 2.65. The number of carbonyl (C=O) groups is 2. The van der Waals surface area contributed by atoms with E-state index in [1.807, 2.05) is 49.1 Å². The number of ether oxygens (including phenoxy) is 1. The third kappa shape index (κ3) is 3.08. The average Bonchev–Trinajstić information content (AvgIpc) is 2.38. The molecule has 4 nitrogen and oxygen atoms in total. The number of nitrogens with zero attached hydrogens (tertiary/aromatic N) is 1. The van der Waals surface area contributed by atoms with Crippen molar-refractivity contribution in [1.29, 1.82) is 0 Å². The summed E-state index contributed by atoms with van der Waals surface area (Å²) in [5.41, 5.74) is 0.495. The second kappa shape index (κ2) is 5.63. The van der Waals surface area contributed by atoms with Crippen molar-refractivity contribution >= 4 is 12.1 Å². The Morgan fingerprint density at radius 2 is 2.11 bits per heavy atom. The molecule has 1 aliphatic heterocycles. The second-order valence-electron chi connectivity index (χ2n) is 5.33. The van der Waals surface area contributed by atoms with Gasteiger partial charge in [-0.3, -0.25) is 14.5 Å². The summed E-state index contributed by atoms with van der Waals surface area (Å²) in [6, 6.07) is 9.42. The van der Waals surface area contributed by atoms with Crippen LogP contribution in [0, 0.1) is 0 Å². The number of benzene rings is 1. The first-order valence-electron chi connectivity index (χ1n) is 6.45. The Morgan fingerprint density at radius 3 is 2.74 bits per heavy atom. The molecule has 0 N–H and O–H groups in total.